The highest BCUT2D eigenvalue weighted by atomic mass is 16.6. The number of furan rings is 1. The van der Waals surface area contributed by atoms with Gasteiger partial charge in [-0.05, 0) is 62.6 Å². The Hall–Kier alpha value is -3.46. The molecule has 0 bridgehead atoms. The Balaban J connectivity index is 1.67. The summed E-state index contributed by atoms with van der Waals surface area (Å²) in [7, 11) is 0. The van der Waals surface area contributed by atoms with Crippen molar-refractivity contribution in [3.63, 3.8) is 0 Å². The molecule has 2 amide bonds. The van der Waals surface area contributed by atoms with E-state index in [1.165, 1.54) is 23.1 Å². The second-order valence-corrected chi connectivity index (χ2v) is 8.23. The van der Waals surface area contributed by atoms with E-state index in [0.717, 1.165) is 12.8 Å². The van der Waals surface area contributed by atoms with Crippen molar-refractivity contribution in [2.24, 2.45) is 0 Å². The first-order chi connectivity index (χ1) is 15.8. The lowest BCUT2D eigenvalue weighted by Crippen LogP contribution is -2.46. The van der Waals surface area contributed by atoms with Gasteiger partial charge in [0, 0.05) is 37.4 Å². The van der Waals surface area contributed by atoms with Crippen LogP contribution < -0.4 is 0 Å². The maximum atomic E-state index is 13.2. The van der Waals surface area contributed by atoms with Gasteiger partial charge < -0.3 is 19.0 Å². The van der Waals surface area contributed by atoms with Crippen molar-refractivity contribution in [3.8, 4) is 0 Å². The van der Waals surface area contributed by atoms with Gasteiger partial charge in [-0.1, -0.05) is 0 Å². The van der Waals surface area contributed by atoms with Gasteiger partial charge in [0.05, 0.1) is 23.8 Å². The largest absolute Gasteiger partial charge is 0.467 e. The summed E-state index contributed by atoms with van der Waals surface area (Å²) >= 11 is 0. The summed E-state index contributed by atoms with van der Waals surface area (Å²) in [6.45, 7) is 5.07. The number of benzene rings is 1. The van der Waals surface area contributed by atoms with Crippen molar-refractivity contribution < 1.29 is 23.7 Å². The highest BCUT2D eigenvalue weighted by Crippen LogP contribution is 2.17. The first kappa shape index (κ1) is 24.2. The van der Waals surface area contributed by atoms with Gasteiger partial charge >= 0.3 is 0 Å². The number of nitro groups is 1. The zero-order valence-corrected chi connectivity index (χ0v) is 18.9. The van der Waals surface area contributed by atoms with Gasteiger partial charge in [0.25, 0.3) is 5.69 Å². The van der Waals surface area contributed by atoms with Crippen LogP contribution in [0.25, 0.3) is 6.08 Å². The van der Waals surface area contributed by atoms with E-state index >= 15 is 0 Å². The number of nitrogens with zero attached hydrogens (tertiary/aromatic N) is 3. The maximum Gasteiger partial charge on any atom is 0.269 e. The number of amides is 2. The fourth-order valence-electron chi connectivity index (χ4n) is 3.61. The van der Waals surface area contributed by atoms with Crippen molar-refractivity contribution in [1.29, 1.82) is 0 Å². The van der Waals surface area contributed by atoms with Gasteiger partial charge in [-0.3, -0.25) is 19.7 Å². The predicted molar refractivity (Wildman–Crippen MR) is 122 cm³/mol. The van der Waals surface area contributed by atoms with Gasteiger partial charge in [0.2, 0.25) is 11.8 Å². The molecule has 3 rings (SSSR count). The molecule has 1 atom stereocenters. The van der Waals surface area contributed by atoms with Crippen molar-refractivity contribution in [1.82, 2.24) is 9.80 Å². The van der Waals surface area contributed by atoms with E-state index in [1.54, 1.807) is 35.4 Å². The molecule has 1 aliphatic heterocycles. The molecule has 1 aliphatic rings. The van der Waals surface area contributed by atoms with E-state index in [4.69, 9.17) is 9.15 Å². The smallest absolute Gasteiger partial charge is 0.269 e. The summed E-state index contributed by atoms with van der Waals surface area (Å²) in [5.74, 6) is 0.168. The molecule has 0 aliphatic carbocycles. The summed E-state index contributed by atoms with van der Waals surface area (Å²) < 4.78 is 11.1. The minimum absolute atomic E-state index is 0.0178. The predicted octanol–water partition coefficient (Wildman–Crippen LogP) is 3.65. The van der Waals surface area contributed by atoms with E-state index in [1.807, 2.05) is 19.9 Å². The van der Waals surface area contributed by atoms with E-state index in [2.05, 4.69) is 0 Å². The van der Waals surface area contributed by atoms with Crippen LogP contribution in [0.15, 0.2) is 53.2 Å². The Morgan fingerprint density at radius 2 is 2.00 bits per heavy atom. The van der Waals surface area contributed by atoms with E-state index in [0.29, 0.717) is 31.0 Å². The van der Waals surface area contributed by atoms with Crippen molar-refractivity contribution in [3.05, 3.63) is 70.2 Å². The molecule has 176 valence electrons. The van der Waals surface area contributed by atoms with Crippen LogP contribution in [0.2, 0.25) is 0 Å². The highest BCUT2D eigenvalue weighted by Gasteiger charge is 2.26. The molecule has 1 fully saturated rings. The lowest BCUT2D eigenvalue weighted by Gasteiger charge is -2.30. The molecule has 0 spiro atoms. The Morgan fingerprint density at radius 1 is 1.24 bits per heavy atom. The number of nitro benzene ring substituents is 1. The average Bonchev–Trinajstić information content (AvgIpc) is 3.49. The second-order valence-electron chi connectivity index (χ2n) is 8.23. The molecular weight excluding hydrogens is 426 g/mol. The van der Waals surface area contributed by atoms with Gasteiger partial charge in [-0.15, -0.1) is 0 Å². The van der Waals surface area contributed by atoms with Gasteiger partial charge in [0.15, 0.2) is 0 Å². The van der Waals surface area contributed by atoms with Gasteiger partial charge in [-0.25, -0.2) is 0 Å². The third-order valence-corrected chi connectivity index (χ3v) is 5.46. The minimum Gasteiger partial charge on any atom is -0.467 e. The zero-order chi connectivity index (χ0) is 23.8. The number of hydrogen-bond donors (Lipinski definition) is 0. The third-order valence-electron chi connectivity index (χ3n) is 5.46. The quantitative estimate of drug-likeness (QED) is 0.308. The molecule has 33 heavy (non-hydrogen) atoms. The molecule has 1 unspecified atom stereocenters. The number of rotatable bonds is 10. The molecular formula is C24H29N3O6. The second kappa shape index (κ2) is 11.4. The number of ether oxygens (including phenoxy) is 1. The van der Waals surface area contributed by atoms with Gasteiger partial charge in [-0.2, -0.15) is 0 Å². The summed E-state index contributed by atoms with van der Waals surface area (Å²) in [6.07, 6.45) is 6.38. The molecule has 9 heteroatoms. The fraction of sp³-hybridized carbons (Fsp3) is 0.417. The Bertz CT molecular complexity index is 963. The van der Waals surface area contributed by atoms with Crippen LogP contribution in [0, 0.1) is 10.1 Å². The van der Waals surface area contributed by atoms with Crippen molar-refractivity contribution >= 4 is 23.6 Å². The summed E-state index contributed by atoms with van der Waals surface area (Å²) in [5, 5.41) is 10.8. The maximum absolute atomic E-state index is 13.2. The van der Waals surface area contributed by atoms with Crippen molar-refractivity contribution in [2.45, 2.75) is 45.4 Å². The monoisotopic (exact) mass is 455 g/mol. The molecule has 9 nitrogen and oxygen atoms in total. The minimum atomic E-state index is -0.476. The molecule has 0 radical (unpaired) electrons. The molecule has 1 aromatic carbocycles. The highest BCUT2D eigenvalue weighted by molar-refractivity contribution is 5.94. The van der Waals surface area contributed by atoms with Crippen LogP contribution in [-0.4, -0.2) is 58.4 Å². The first-order valence-electron chi connectivity index (χ1n) is 11.0. The van der Waals surface area contributed by atoms with Gasteiger partial charge in [0.1, 0.15) is 12.3 Å². The summed E-state index contributed by atoms with van der Waals surface area (Å²) in [6, 6.07) is 9.29. The SMILES string of the molecule is CC(C)N(CC(=O)N(Cc1ccco1)CC1CCCO1)C(=O)/C=C/c1ccc([N+](=O)[O-])cc1. The third kappa shape index (κ3) is 7.01. The Labute approximate surface area is 192 Å². The van der Waals surface area contributed by atoms with Crippen LogP contribution in [-0.2, 0) is 20.9 Å². The summed E-state index contributed by atoms with van der Waals surface area (Å²) in [4.78, 5) is 39.6. The van der Waals surface area contributed by atoms with Crippen LogP contribution in [0.3, 0.4) is 0 Å². The lowest BCUT2D eigenvalue weighted by atomic mass is 10.2. The summed E-state index contributed by atoms with van der Waals surface area (Å²) in [5.41, 5.74) is 0.637. The van der Waals surface area contributed by atoms with E-state index in [-0.39, 0.29) is 36.2 Å². The topological polar surface area (TPSA) is 106 Å². The van der Waals surface area contributed by atoms with Crippen LogP contribution in [0.4, 0.5) is 5.69 Å². The number of hydrogen-bond acceptors (Lipinski definition) is 6. The standard InChI is InChI=1S/C24H29N3O6/c1-18(2)26(23(28)12-9-19-7-10-20(11-8-19)27(30)31)17-24(29)25(15-21-5-3-13-32-21)16-22-6-4-14-33-22/h3,5,7-13,18,22H,4,6,14-17H2,1-2H3/b12-9+. The van der Waals surface area contributed by atoms with E-state index < -0.39 is 4.92 Å². The molecule has 0 saturated carbocycles. The zero-order valence-electron chi connectivity index (χ0n) is 18.9. The molecule has 2 heterocycles. The molecule has 0 N–H and O–H groups in total. The van der Waals surface area contributed by atoms with Crippen LogP contribution in [0.5, 0.6) is 0 Å². The van der Waals surface area contributed by atoms with Crippen LogP contribution >= 0.6 is 0 Å². The molecule has 1 saturated heterocycles. The van der Waals surface area contributed by atoms with E-state index in [9.17, 15) is 19.7 Å². The Kier molecular flexibility index (Phi) is 8.37. The molecule has 1 aromatic heterocycles. The molecule has 2 aromatic rings. The Morgan fingerprint density at radius 3 is 2.58 bits per heavy atom. The normalized spacial score (nSPS) is 15.8. The fourth-order valence-corrected chi connectivity index (χ4v) is 3.61. The number of carbonyl (C=O) groups excluding carboxylic acids is 2. The number of carbonyl (C=O) groups is 2. The number of non-ortho nitro benzene ring substituents is 1. The lowest BCUT2D eigenvalue weighted by molar-refractivity contribution is -0.384. The van der Waals surface area contributed by atoms with Crippen molar-refractivity contribution in [2.75, 3.05) is 19.7 Å². The van der Waals surface area contributed by atoms with Crippen LogP contribution in [0.1, 0.15) is 38.0 Å². The average molecular weight is 456 g/mol. The first-order valence-corrected chi connectivity index (χ1v) is 11.0.